The molecule has 0 aliphatic heterocycles. The van der Waals surface area contributed by atoms with Gasteiger partial charge in [-0.1, -0.05) is 23.8 Å². The lowest BCUT2D eigenvalue weighted by Crippen LogP contribution is -1.89. The van der Waals surface area contributed by atoms with Crippen LogP contribution in [0.15, 0.2) is 47.8 Å². The predicted octanol–water partition coefficient (Wildman–Crippen LogP) is 4.19. The number of hydrogen-bond acceptors (Lipinski definition) is 3. The van der Waals surface area contributed by atoms with Crippen LogP contribution in [0.3, 0.4) is 0 Å². The lowest BCUT2D eigenvalue weighted by Gasteiger charge is -2.02. The van der Waals surface area contributed by atoms with E-state index >= 15 is 0 Å². The maximum Gasteiger partial charge on any atom is 0.152 e. The average Bonchev–Trinajstić information content (AvgIpc) is 3.02. The quantitative estimate of drug-likeness (QED) is 0.736. The van der Waals surface area contributed by atoms with E-state index in [9.17, 15) is 0 Å². The zero-order valence-electron chi connectivity index (χ0n) is 9.97. The van der Waals surface area contributed by atoms with Crippen LogP contribution in [0, 0.1) is 6.92 Å². The summed E-state index contributed by atoms with van der Waals surface area (Å²) in [4.78, 5) is 1.19. The molecule has 18 heavy (non-hydrogen) atoms. The molecule has 2 heterocycles. The zero-order valence-corrected chi connectivity index (χ0v) is 10.8. The highest BCUT2D eigenvalue weighted by Crippen LogP contribution is 2.25. The molecule has 0 bridgehead atoms. The molecule has 0 spiro atoms. The fourth-order valence-corrected chi connectivity index (χ4v) is 2.42. The second-order valence-corrected chi connectivity index (χ2v) is 5.08. The zero-order chi connectivity index (χ0) is 12.4. The Morgan fingerprint density at radius 1 is 1.17 bits per heavy atom. The van der Waals surface area contributed by atoms with Crippen LogP contribution >= 0.6 is 11.3 Å². The molecule has 0 aliphatic rings. The van der Waals surface area contributed by atoms with Crippen LogP contribution in [-0.2, 0) is 0 Å². The molecule has 0 unspecified atom stereocenters. The molecule has 0 radical (unpaired) electrons. The minimum Gasteiger partial charge on any atom is -0.339 e. The van der Waals surface area contributed by atoms with Crippen molar-refractivity contribution < 1.29 is 0 Å². The number of hydrogen-bond donors (Lipinski definition) is 2. The van der Waals surface area contributed by atoms with E-state index in [1.54, 1.807) is 11.3 Å². The van der Waals surface area contributed by atoms with Gasteiger partial charge < -0.3 is 5.32 Å². The second-order valence-electron chi connectivity index (χ2n) is 4.14. The van der Waals surface area contributed by atoms with Crippen LogP contribution in [0.1, 0.15) is 5.56 Å². The van der Waals surface area contributed by atoms with E-state index in [0.29, 0.717) is 0 Å². The SMILES string of the molecule is Cc1ccc(Nc2cc(-c3cccs3)[nH]n2)cc1. The van der Waals surface area contributed by atoms with Crippen molar-refractivity contribution >= 4 is 22.8 Å². The predicted molar refractivity (Wildman–Crippen MR) is 76.4 cm³/mol. The second kappa shape index (κ2) is 4.66. The van der Waals surface area contributed by atoms with Crippen molar-refractivity contribution in [3.63, 3.8) is 0 Å². The molecule has 0 saturated heterocycles. The van der Waals surface area contributed by atoms with E-state index in [2.05, 4.69) is 58.1 Å². The van der Waals surface area contributed by atoms with Crippen molar-refractivity contribution in [3.8, 4) is 10.6 Å². The third-order valence-corrected chi connectivity index (χ3v) is 3.59. The van der Waals surface area contributed by atoms with E-state index in [-0.39, 0.29) is 0 Å². The topological polar surface area (TPSA) is 40.7 Å². The summed E-state index contributed by atoms with van der Waals surface area (Å²) in [6.07, 6.45) is 0. The van der Waals surface area contributed by atoms with Gasteiger partial charge >= 0.3 is 0 Å². The normalized spacial score (nSPS) is 10.5. The third kappa shape index (κ3) is 2.28. The van der Waals surface area contributed by atoms with Crippen LogP contribution in [0.4, 0.5) is 11.5 Å². The molecule has 0 atom stereocenters. The van der Waals surface area contributed by atoms with Gasteiger partial charge in [0.25, 0.3) is 0 Å². The molecule has 3 nitrogen and oxygen atoms in total. The van der Waals surface area contributed by atoms with Gasteiger partial charge in [0, 0.05) is 11.8 Å². The molecular weight excluding hydrogens is 242 g/mol. The van der Waals surface area contributed by atoms with Gasteiger partial charge in [-0.15, -0.1) is 11.3 Å². The maximum absolute atomic E-state index is 4.26. The number of aromatic amines is 1. The van der Waals surface area contributed by atoms with Gasteiger partial charge in [0.05, 0.1) is 10.6 Å². The van der Waals surface area contributed by atoms with Gasteiger partial charge in [0.1, 0.15) is 0 Å². The number of aromatic nitrogens is 2. The number of benzene rings is 1. The average molecular weight is 255 g/mol. The van der Waals surface area contributed by atoms with E-state index in [1.165, 1.54) is 10.4 Å². The van der Waals surface area contributed by atoms with Gasteiger partial charge in [-0.05, 0) is 30.5 Å². The summed E-state index contributed by atoms with van der Waals surface area (Å²) < 4.78 is 0. The molecule has 2 aromatic heterocycles. The molecule has 1 aromatic carbocycles. The fourth-order valence-electron chi connectivity index (χ4n) is 1.73. The number of H-pyrrole nitrogens is 1. The van der Waals surface area contributed by atoms with Gasteiger partial charge in [-0.2, -0.15) is 5.10 Å². The molecule has 90 valence electrons. The first-order chi connectivity index (χ1) is 8.81. The lowest BCUT2D eigenvalue weighted by molar-refractivity contribution is 1.10. The van der Waals surface area contributed by atoms with Crippen LogP contribution in [-0.4, -0.2) is 10.2 Å². The van der Waals surface area contributed by atoms with E-state index in [0.717, 1.165) is 17.2 Å². The van der Waals surface area contributed by atoms with E-state index in [1.807, 2.05) is 12.1 Å². The summed E-state index contributed by atoms with van der Waals surface area (Å²) in [6, 6.07) is 14.4. The van der Waals surface area contributed by atoms with Crippen molar-refractivity contribution in [2.24, 2.45) is 0 Å². The standard InChI is InChI=1S/C14H13N3S/c1-10-4-6-11(7-5-10)15-14-9-12(16-17-14)13-3-2-8-18-13/h2-9H,1H3,(H2,15,16,17). The van der Waals surface area contributed by atoms with Gasteiger partial charge in [0.15, 0.2) is 5.82 Å². The number of nitrogens with one attached hydrogen (secondary N) is 2. The van der Waals surface area contributed by atoms with Crippen molar-refractivity contribution in [1.82, 2.24) is 10.2 Å². The Labute approximate surface area is 109 Å². The third-order valence-electron chi connectivity index (χ3n) is 2.69. The van der Waals surface area contributed by atoms with Crippen molar-refractivity contribution in [3.05, 3.63) is 53.4 Å². The first-order valence-corrected chi connectivity index (χ1v) is 6.62. The summed E-state index contributed by atoms with van der Waals surface area (Å²) in [6.45, 7) is 2.08. The summed E-state index contributed by atoms with van der Waals surface area (Å²) in [5.74, 6) is 0.835. The number of anilines is 2. The van der Waals surface area contributed by atoms with E-state index in [4.69, 9.17) is 0 Å². The Kier molecular flexibility index (Phi) is 2.86. The molecule has 0 saturated carbocycles. The molecule has 3 rings (SSSR count). The number of thiophene rings is 1. The number of aryl methyl sites for hydroxylation is 1. The van der Waals surface area contributed by atoms with Crippen LogP contribution in [0.5, 0.6) is 0 Å². The van der Waals surface area contributed by atoms with Crippen LogP contribution in [0.2, 0.25) is 0 Å². The fraction of sp³-hybridized carbons (Fsp3) is 0.0714. The Morgan fingerprint density at radius 3 is 2.72 bits per heavy atom. The summed E-state index contributed by atoms with van der Waals surface area (Å²) in [5.41, 5.74) is 3.34. The highest BCUT2D eigenvalue weighted by molar-refractivity contribution is 7.13. The van der Waals surface area contributed by atoms with Crippen molar-refractivity contribution in [1.29, 1.82) is 0 Å². The highest BCUT2D eigenvalue weighted by atomic mass is 32.1. The Balaban J connectivity index is 1.80. The Morgan fingerprint density at radius 2 is 2.00 bits per heavy atom. The molecule has 3 aromatic rings. The smallest absolute Gasteiger partial charge is 0.152 e. The van der Waals surface area contributed by atoms with Crippen LogP contribution in [0.25, 0.3) is 10.6 Å². The summed E-state index contributed by atoms with van der Waals surface area (Å²) in [5, 5.41) is 12.6. The Bertz CT molecular complexity index is 623. The lowest BCUT2D eigenvalue weighted by atomic mass is 10.2. The minimum atomic E-state index is 0.835. The first-order valence-electron chi connectivity index (χ1n) is 5.74. The van der Waals surface area contributed by atoms with E-state index < -0.39 is 0 Å². The van der Waals surface area contributed by atoms with Gasteiger partial charge in [-0.25, -0.2) is 0 Å². The largest absolute Gasteiger partial charge is 0.339 e. The van der Waals surface area contributed by atoms with Gasteiger partial charge in [-0.3, -0.25) is 5.10 Å². The molecule has 2 N–H and O–H groups in total. The maximum atomic E-state index is 4.26. The number of rotatable bonds is 3. The molecular formula is C14H13N3S. The van der Waals surface area contributed by atoms with Crippen LogP contribution < -0.4 is 5.32 Å². The molecule has 0 amide bonds. The van der Waals surface area contributed by atoms with Crippen molar-refractivity contribution in [2.45, 2.75) is 6.92 Å². The summed E-state index contributed by atoms with van der Waals surface area (Å²) in [7, 11) is 0. The molecule has 0 aliphatic carbocycles. The highest BCUT2D eigenvalue weighted by Gasteiger charge is 2.04. The molecule has 0 fully saturated rings. The summed E-state index contributed by atoms with van der Waals surface area (Å²) >= 11 is 1.70. The minimum absolute atomic E-state index is 0.835. The number of nitrogens with zero attached hydrogens (tertiary/aromatic N) is 1. The first kappa shape index (κ1) is 11.0. The van der Waals surface area contributed by atoms with Gasteiger partial charge in [0.2, 0.25) is 0 Å². The monoisotopic (exact) mass is 255 g/mol. The van der Waals surface area contributed by atoms with Crippen molar-refractivity contribution in [2.75, 3.05) is 5.32 Å². The Hall–Kier alpha value is -2.07. The molecule has 4 heteroatoms.